The molecule has 1 atom stereocenters. The number of aliphatic hydroxyl groups is 1. The van der Waals surface area contributed by atoms with Gasteiger partial charge in [0.25, 0.3) is 0 Å². The number of rotatable bonds is 4. The molecular weight excluding hydrogens is 228 g/mol. The second-order valence-corrected chi connectivity index (χ2v) is 4.31. The lowest BCUT2D eigenvalue weighted by atomic mass is 10.1. The molecule has 2 rings (SSSR count). The smallest absolute Gasteiger partial charge is 0.104 e. The van der Waals surface area contributed by atoms with Crippen molar-refractivity contribution in [3.05, 3.63) is 35.4 Å². The molecule has 1 aliphatic heterocycles. The molecule has 0 spiro atoms. The Balaban J connectivity index is 1.75. The predicted molar refractivity (Wildman–Crippen MR) is 69.0 cm³/mol. The Morgan fingerprint density at radius 2 is 2.17 bits per heavy atom. The molecule has 1 fully saturated rings. The van der Waals surface area contributed by atoms with Crippen LogP contribution in [0.3, 0.4) is 0 Å². The SMILES string of the molecule is OCC#Cc1ccc(COCC2CCCO2)cc1. The Kier molecular flexibility index (Phi) is 5.22. The fourth-order valence-corrected chi connectivity index (χ4v) is 1.91. The fourth-order valence-electron chi connectivity index (χ4n) is 1.91. The Morgan fingerprint density at radius 3 is 2.83 bits per heavy atom. The summed E-state index contributed by atoms with van der Waals surface area (Å²) in [5.41, 5.74) is 2.04. The number of ether oxygens (including phenoxy) is 2. The minimum atomic E-state index is -0.105. The van der Waals surface area contributed by atoms with Gasteiger partial charge in [-0.1, -0.05) is 24.0 Å². The fraction of sp³-hybridized carbons (Fsp3) is 0.467. The molecule has 18 heavy (non-hydrogen) atoms. The maximum Gasteiger partial charge on any atom is 0.104 e. The van der Waals surface area contributed by atoms with Crippen LogP contribution in [-0.2, 0) is 16.1 Å². The van der Waals surface area contributed by atoms with Gasteiger partial charge in [-0.3, -0.25) is 0 Å². The van der Waals surface area contributed by atoms with E-state index in [0.717, 1.165) is 30.6 Å². The van der Waals surface area contributed by atoms with Gasteiger partial charge in [0.05, 0.1) is 19.3 Å². The molecular formula is C15H18O3. The predicted octanol–water partition coefficient (Wildman–Crippen LogP) is 1.73. The van der Waals surface area contributed by atoms with Crippen LogP contribution in [0.15, 0.2) is 24.3 Å². The van der Waals surface area contributed by atoms with Crippen molar-refractivity contribution in [1.82, 2.24) is 0 Å². The van der Waals surface area contributed by atoms with E-state index in [0.29, 0.717) is 13.2 Å². The lowest BCUT2D eigenvalue weighted by Crippen LogP contribution is -2.13. The lowest BCUT2D eigenvalue weighted by molar-refractivity contribution is 0.0106. The second-order valence-electron chi connectivity index (χ2n) is 4.31. The first kappa shape index (κ1) is 13.1. The van der Waals surface area contributed by atoms with Crippen LogP contribution in [0.2, 0.25) is 0 Å². The molecule has 1 N–H and O–H groups in total. The van der Waals surface area contributed by atoms with E-state index in [2.05, 4.69) is 11.8 Å². The van der Waals surface area contributed by atoms with Crippen LogP contribution in [0.4, 0.5) is 0 Å². The summed E-state index contributed by atoms with van der Waals surface area (Å²) in [6.07, 6.45) is 2.53. The van der Waals surface area contributed by atoms with Crippen molar-refractivity contribution >= 4 is 0 Å². The topological polar surface area (TPSA) is 38.7 Å². The summed E-state index contributed by atoms with van der Waals surface area (Å²) in [5.74, 6) is 5.48. The first-order chi connectivity index (χ1) is 8.88. The van der Waals surface area contributed by atoms with E-state index in [1.165, 1.54) is 0 Å². The molecule has 96 valence electrons. The van der Waals surface area contributed by atoms with E-state index >= 15 is 0 Å². The van der Waals surface area contributed by atoms with Crippen molar-refractivity contribution in [3.63, 3.8) is 0 Å². The molecule has 3 heteroatoms. The molecule has 0 aliphatic carbocycles. The maximum absolute atomic E-state index is 8.60. The van der Waals surface area contributed by atoms with Crippen LogP contribution < -0.4 is 0 Å². The molecule has 0 aromatic heterocycles. The van der Waals surface area contributed by atoms with Gasteiger partial charge in [0.2, 0.25) is 0 Å². The summed E-state index contributed by atoms with van der Waals surface area (Å²) >= 11 is 0. The van der Waals surface area contributed by atoms with Gasteiger partial charge in [-0.25, -0.2) is 0 Å². The third-order valence-corrected chi connectivity index (χ3v) is 2.86. The monoisotopic (exact) mass is 246 g/mol. The van der Waals surface area contributed by atoms with Crippen LogP contribution in [0.5, 0.6) is 0 Å². The summed E-state index contributed by atoms with van der Waals surface area (Å²) in [6, 6.07) is 7.87. The molecule has 0 bridgehead atoms. The largest absolute Gasteiger partial charge is 0.384 e. The van der Waals surface area contributed by atoms with Gasteiger partial charge in [0.15, 0.2) is 0 Å². The minimum absolute atomic E-state index is 0.105. The molecule has 1 aromatic rings. The van der Waals surface area contributed by atoms with Crippen LogP contribution in [0, 0.1) is 11.8 Å². The van der Waals surface area contributed by atoms with Crippen molar-refractivity contribution in [2.75, 3.05) is 19.8 Å². The molecule has 1 aliphatic rings. The third-order valence-electron chi connectivity index (χ3n) is 2.86. The normalized spacial score (nSPS) is 18.4. The average Bonchev–Trinajstić information content (AvgIpc) is 2.91. The Morgan fingerprint density at radius 1 is 1.33 bits per heavy atom. The Hall–Kier alpha value is -1.34. The second kappa shape index (κ2) is 7.17. The Labute approximate surface area is 108 Å². The average molecular weight is 246 g/mol. The van der Waals surface area contributed by atoms with E-state index in [-0.39, 0.29) is 12.7 Å². The first-order valence-electron chi connectivity index (χ1n) is 6.26. The molecule has 0 amide bonds. The van der Waals surface area contributed by atoms with Crippen molar-refractivity contribution in [3.8, 4) is 11.8 Å². The van der Waals surface area contributed by atoms with Gasteiger partial charge in [0, 0.05) is 12.2 Å². The first-order valence-corrected chi connectivity index (χ1v) is 6.26. The molecule has 1 unspecified atom stereocenters. The third kappa shape index (κ3) is 4.15. The highest BCUT2D eigenvalue weighted by atomic mass is 16.5. The molecule has 1 saturated heterocycles. The molecule has 0 radical (unpaired) electrons. The lowest BCUT2D eigenvalue weighted by Gasteiger charge is -2.10. The zero-order valence-electron chi connectivity index (χ0n) is 10.4. The number of hydrogen-bond donors (Lipinski definition) is 1. The summed E-state index contributed by atoms with van der Waals surface area (Å²) in [4.78, 5) is 0. The van der Waals surface area contributed by atoms with Gasteiger partial charge >= 0.3 is 0 Å². The summed E-state index contributed by atoms with van der Waals surface area (Å²) in [6.45, 7) is 2.04. The van der Waals surface area contributed by atoms with Gasteiger partial charge in [-0.15, -0.1) is 0 Å². The number of aliphatic hydroxyl groups excluding tert-OH is 1. The highest BCUT2D eigenvalue weighted by molar-refractivity contribution is 5.35. The van der Waals surface area contributed by atoms with E-state index in [9.17, 15) is 0 Å². The van der Waals surface area contributed by atoms with Crippen LogP contribution in [0.25, 0.3) is 0 Å². The van der Waals surface area contributed by atoms with Crippen LogP contribution in [-0.4, -0.2) is 31.0 Å². The Bertz CT molecular complexity index is 408. The van der Waals surface area contributed by atoms with Crippen molar-refractivity contribution < 1.29 is 14.6 Å². The van der Waals surface area contributed by atoms with Crippen LogP contribution >= 0.6 is 0 Å². The standard InChI is InChI=1S/C15H18O3/c16-9-1-3-13-5-7-14(8-6-13)11-17-12-15-4-2-10-18-15/h5-8,15-16H,2,4,9-12H2. The van der Waals surface area contributed by atoms with E-state index in [4.69, 9.17) is 14.6 Å². The van der Waals surface area contributed by atoms with Gasteiger partial charge in [0.1, 0.15) is 6.61 Å². The highest BCUT2D eigenvalue weighted by Crippen LogP contribution is 2.13. The van der Waals surface area contributed by atoms with Crippen LogP contribution in [0.1, 0.15) is 24.0 Å². The van der Waals surface area contributed by atoms with E-state index in [1.54, 1.807) is 0 Å². The van der Waals surface area contributed by atoms with Gasteiger partial charge < -0.3 is 14.6 Å². The van der Waals surface area contributed by atoms with Crippen molar-refractivity contribution in [2.24, 2.45) is 0 Å². The van der Waals surface area contributed by atoms with E-state index in [1.807, 2.05) is 24.3 Å². The van der Waals surface area contributed by atoms with Gasteiger partial charge in [-0.05, 0) is 30.5 Å². The zero-order chi connectivity index (χ0) is 12.6. The summed E-state index contributed by atoms with van der Waals surface area (Å²) in [5, 5.41) is 8.60. The van der Waals surface area contributed by atoms with Gasteiger partial charge in [-0.2, -0.15) is 0 Å². The summed E-state index contributed by atoms with van der Waals surface area (Å²) in [7, 11) is 0. The highest BCUT2D eigenvalue weighted by Gasteiger charge is 2.14. The quantitative estimate of drug-likeness (QED) is 0.822. The minimum Gasteiger partial charge on any atom is -0.384 e. The molecule has 3 nitrogen and oxygen atoms in total. The molecule has 1 aromatic carbocycles. The zero-order valence-corrected chi connectivity index (χ0v) is 10.4. The molecule has 0 saturated carbocycles. The number of hydrogen-bond acceptors (Lipinski definition) is 3. The van der Waals surface area contributed by atoms with E-state index < -0.39 is 0 Å². The van der Waals surface area contributed by atoms with Crippen molar-refractivity contribution in [2.45, 2.75) is 25.6 Å². The maximum atomic E-state index is 8.60. The molecule has 1 heterocycles. The number of benzene rings is 1. The van der Waals surface area contributed by atoms with Crippen molar-refractivity contribution in [1.29, 1.82) is 0 Å². The summed E-state index contributed by atoms with van der Waals surface area (Å²) < 4.78 is 11.1.